The molecule has 0 spiro atoms. The van der Waals surface area contributed by atoms with E-state index in [9.17, 15) is 14.9 Å². The van der Waals surface area contributed by atoms with E-state index in [1.807, 2.05) is 24.3 Å². The van der Waals surface area contributed by atoms with E-state index in [1.165, 1.54) is 43.5 Å². The maximum absolute atomic E-state index is 12.6. The number of hydrogen-bond acceptors (Lipinski definition) is 7. The summed E-state index contributed by atoms with van der Waals surface area (Å²) in [7, 11) is 3.00. The molecule has 9 heteroatoms. The Hall–Kier alpha value is -4.16. The normalized spacial score (nSPS) is 10.8. The average molecular weight is 449 g/mol. The summed E-state index contributed by atoms with van der Waals surface area (Å²) in [5.41, 5.74) is 1.38. The number of para-hydroxylation sites is 1. The lowest BCUT2D eigenvalue weighted by molar-refractivity contribution is -0.116. The first-order valence-electron chi connectivity index (χ1n) is 9.43. The van der Waals surface area contributed by atoms with Gasteiger partial charge in [-0.05, 0) is 30.3 Å². The number of carbonyl (C=O) groups excluding carboxylic acids is 2. The third-order valence-electron chi connectivity index (χ3n) is 4.33. The lowest BCUT2D eigenvalue weighted by Crippen LogP contribution is -2.22. The zero-order valence-corrected chi connectivity index (χ0v) is 18.5. The van der Waals surface area contributed by atoms with Crippen molar-refractivity contribution in [2.75, 3.05) is 24.4 Å². The summed E-state index contributed by atoms with van der Waals surface area (Å²) in [5.74, 6) is 0.167. The maximum Gasteiger partial charge on any atom is 0.266 e. The van der Waals surface area contributed by atoms with Gasteiger partial charge in [-0.1, -0.05) is 18.2 Å². The van der Waals surface area contributed by atoms with Gasteiger partial charge >= 0.3 is 0 Å². The van der Waals surface area contributed by atoms with Crippen molar-refractivity contribution < 1.29 is 19.1 Å². The molecule has 2 aromatic carbocycles. The molecule has 0 unspecified atom stereocenters. The summed E-state index contributed by atoms with van der Waals surface area (Å²) in [5, 5.41) is 14.3. The molecule has 2 amide bonds. The molecule has 0 aliphatic rings. The largest absolute Gasteiger partial charge is 0.493 e. The first-order valence-corrected chi connectivity index (χ1v) is 10.3. The van der Waals surface area contributed by atoms with Gasteiger partial charge in [0.25, 0.3) is 5.91 Å². The van der Waals surface area contributed by atoms with E-state index in [4.69, 9.17) is 9.47 Å². The van der Waals surface area contributed by atoms with Gasteiger partial charge in [0.2, 0.25) is 5.91 Å². The van der Waals surface area contributed by atoms with E-state index in [1.54, 1.807) is 35.7 Å². The number of nitriles is 1. The predicted molar refractivity (Wildman–Crippen MR) is 123 cm³/mol. The molecule has 3 aromatic rings. The highest BCUT2D eigenvalue weighted by molar-refractivity contribution is 7.14. The molecule has 0 saturated heterocycles. The molecule has 8 nitrogen and oxygen atoms in total. The summed E-state index contributed by atoms with van der Waals surface area (Å²) in [6, 6.07) is 15.9. The average Bonchev–Trinajstić information content (AvgIpc) is 3.25. The van der Waals surface area contributed by atoms with Crippen LogP contribution in [0.4, 0.5) is 16.5 Å². The summed E-state index contributed by atoms with van der Waals surface area (Å²) in [6.07, 6.45) is 1.37. The van der Waals surface area contributed by atoms with Crippen molar-refractivity contribution in [1.29, 1.82) is 5.26 Å². The van der Waals surface area contributed by atoms with Gasteiger partial charge in [-0.3, -0.25) is 14.5 Å². The van der Waals surface area contributed by atoms with Crippen LogP contribution < -0.4 is 19.7 Å². The molecule has 3 rings (SSSR count). The van der Waals surface area contributed by atoms with Crippen LogP contribution in [0, 0.1) is 11.3 Å². The molecule has 0 radical (unpaired) electrons. The van der Waals surface area contributed by atoms with Crippen LogP contribution in [-0.2, 0) is 9.59 Å². The Morgan fingerprint density at radius 1 is 1.12 bits per heavy atom. The van der Waals surface area contributed by atoms with Crippen LogP contribution >= 0.6 is 11.3 Å². The van der Waals surface area contributed by atoms with Crippen LogP contribution in [0.5, 0.6) is 11.5 Å². The van der Waals surface area contributed by atoms with Gasteiger partial charge < -0.3 is 14.8 Å². The second-order valence-corrected chi connectivity index (χ2v) is 7.28. The van der Waals surface area contributed by atoms with Gasteiger partial charge in [0, 0.05) is 24.1 Å². The number of benzene rings is 2. The fourth-order valence-electron chi connectivity index (χ4n) is 2.86. The highest BCUT2D eigenvalue weighted by Gasteiger charge is 2.18. The van der Waals surface area contributed by atoms with Gasteiger partial charge in [0.05, 0.1) is 25.6 Å². The Labute approximate surface area is 189 Å². The van der Waals surface area contributed by atoms with Crippen LogP contribution in [0.1, 0.15) is 12.6 Å². The van der Waals surface area contributed by atoms with Crippen LogP contribution in [0.15, 0.2) is 59.5 Å². The number of anilines is 3. The van der Waals surface area contributed by atoms with E-state index in [0.29, 0.717) is 33.7 Å². The zero-order valence-electron chi connectivity index (χ0n) is 17.7. The molecule has 0 aliphatic carbocycles. The standard InChI is InChI=1S/C23H20N4O4S/c1-15(28)27(19-7-5-4-6-8-19)23-26-18(14-32-23)11-16(13-24)22(29)25-17-9-10-20(30-2)21(12-17)31-3/h4-12,14H,1-3H3,(H,25,29)/b16-11+. The summed E-state index contributed by atoms with van der Waals surface area (Å²) >= 11 is 1.24. The van der Waals surface area contributed by atoms with Gasteiger partial charge in [0.1, 0.15) is 11.6 Å². The number of thiazole rings is 1. The lowest BCUT2D eigenvalue weighted by Gasteiger charge is -2.17. The van der Waals surface area contributed by atoms with Crippen LogP contribution in [0.3, 0.4) is 0 Å². The first-order chi connectivity index (χ1) is 15.5. The first kappa shape index (κ1) is 22.5. The van der Waals surface area contributed by atoms with Crippen molar-refractivity contribution >= 4 is 45.7 Å². The van der Waals surface area contributed by atoms with Crippen LogP contribution in [0.2, 0.25) is 0 Å². The summed E-state index contributed by atoms with van der Waals surface area (Å²) < 4.78 is 10.4. The number of carbonyl (C=O) groups is 2. The quantitative estimate of drug-likeness (QED) is 0.425. The Morgan fingerprint density at radius 2 is 1.84 bits per heavy atom. The molecule has 0 bridgehead atoms. The molecule has 32 heavy (non-hydrogen) atoms. The molecule has 1 aromatic heterocycles. The number of amides is 2. The van der Waals surface area contributed by atoms with E-state index < -0.39 is 5.91 Å². The molecule has 0 saturated carbocycles. The Balaban J connectivity index is 1.83. The van der Waals surface area contributed by atoms with Crippen molar-refractivity contribution in [1.82, 2.24) is 4.98 Å². The van der Waals surface area contributed by atoms with E-state index >= 15 is 0 Å². The van der Waals surface area contributed by atoms with Crippen molar-refractivity contribution in [2.24, 2.45) is 0 Å². The predicted octanol–water partition coefficient (Wildman–Crippen LogP) is 4.39. The summed E-state index contributed by atoms with van der Waals surface area (Å²) in [6.45, 7) is 1.45. The fourth-order valence-corrected chi connectivity index (χ4v) is 3.70. The number of ether oxygens (including phenoxy) is 2. The second kappa shape index (κ2) is 10.2. The SMILES string of the molecule is COc1ccc(NC(=O)/C(C#N)=C/c2csc(N(C(C)=O)c3ccccc3)n2)cc1OC. The minimum absolute atomic E-state index is 0.134. The Kier molecular flexibility index (Phi) is 7.21. The van der Waals surface area contributed by atoms with Gasteiger partial charge in [-0.25, -0.2) is 4.98 Å². The van der Waals surface area contributed by atoms with Crippen molar-refractivity contribution in [3.8, 4) is 17.6 Å². The van der Waals surface area contributed by atoms with Crippen molar-refractivity contribution in [3.63, 3.8) is 0 Å². The van der Waals surface area contributed by atoms with Gasteiger partial charge in [0.15, 0.2) is 16.6 Å². The lowest BCUT2D eigenvalue weighted by atomic mass is 10.2. The van der Waals surface area contributed by atoms with Crippen molar-refractivity contribution in [3.05, 3.63) is 65.2 Å². The molecule has 1 heterocycles. The molecule has 162 valence electrons. The highest BCUT2D eigenvalue weighted by Crippen LogP contribution is 2.31. The molecular weight excluding hydrogens is 428 g/mol. The smallest absolute Gasteiger partial charge is 0.266 e. The number of nitrogens with zero attached hydrogens (tertiary/aromatic N) is 3. The monoisotopic (exact) mass is 448 g/mol. The zero-order chi connectivity index (χ0) is 23.1. The molecule has 0 atom stereocenters. The van der Waals surface area contributed by atoms with Gasteiger partial charge in [-0.15, -0.1) is 11.3 Å². The Morgan fingerprint density at radius 3 is 2.47 bits per heavy atom. The molecule has 0 aliphatic heterocycles. The fraction of sp³-hybridized carbons (Fsp3) is 0.130. The van der Waals surface area contributed by atoms with Crippen molar-refractivity contribution in [2.45, 2.75) is 6.92 Å². The Bertz CT molecular complexity index is 1200. The summed E-state index contributed by atoms with van der Waals surface area (Å²) in [4.78, 5) is 30.7. The second-order valence-electron chi connectivity index (χ2n) is 6.44. The maximum atomic E-state index is 12.6. The molecule has 0 fully saturated rings. The van der Waals surface area contributed by atoms with Crippen LogP contribution in [-0.4, -0.2) is 31.0 Å². The minimum atomic E-state index is -0.597. The topological polar surface area (TPSA) is 105 Å². The number of nitrogens with one attached hydrogen (secondary N) is 1. The number of methoxy groups -OCH3 is 2. The van der Waals surface area contributed by atoms with E-state index in [0.717, 1.165) is 0 Å². The third-order valence-corrected chi connectivity index (χ3v) is 5.17. The highest BCUT2D eigenvalue weighted by atomic mass is 32.1. The van der Waals surface area contributed by atoms with Gasteiger partial charge in [-0.2, -0.15) is 5.26 Å². The van der Waals surface area contributed by atoms with Crippen LogP contribution in [0.25, 0.3) is 6.08 Å². The molecular formula is C23H20N4O4S. The minimum Gasteiger partial charge on any atom is -0.493 e. The molecule has 1 N–H and O–H groups in total. The number of rotatable bonds is 7. The number of aromatic nitrogens is 1. The van der Waals surface area contributed by atoms with E-state index in [-0.39, 0.29) is 11.5 Å². The number of hydrogen-bond donors (Lipinski definition) is 1. The van der Waals surface area contributed by atoms with E-state index in [2.05, 4.69) is 10.3 Å². The third kappa shape index (κ3) is 5.11.